The molecule has 0 atom stereocenters. The minimum atomic E-state index is -0.0230. The molecule has 1 amide bonds. The average molecular weight is 281 g/mol. The molecule has 18 heavy (non-hydrogen) atoms. The molecular weight excluding hydrogens is 268 g/mol. The molecule has 0 aliphatic carbocycles. The lowest BCUT2D eigenvalue weighted by molar-refractivity contribution is -0.116. The van der Waals surface area contributed by atoms with E-state index in [0.717, 1.165) is 16.4 Å². The van der Waals surface area contributed by atoms with Gasteiger partial charge in [0.2, 0.25) is 5.91 Å². The maximum atomic E-state index is 11.7. The molecule has 2 aromatic rings. The summed E-state index contributed by atoms with van der Waals surface area (Å²) in [6, 6.07) is 7.13. The van der Waals surface area contributed by atoms with Crippen molar-refractivity contribution in [1.29, 1.82) is 0 Å². The monoisotopic (exact) mass is 280 g/mol. The highest BCUT2D eigenvalue weighted by Gasteiger charge is 2.05. The number of carbonyl (C=O) groups excluding carboxylic acids is 1. The second-order valence-electron chi connectivity index (χ2n) is 3.94. The summed E-state index contributed by atoms with van der Waals surface area (Å²) in [6.45, 7) is 1.95. The number of halogens is 1. The van der Waals surface area contributed by atoms with Crippen LogP contribution >= 0.6 is 22.9 Å². The van der Waals surface area contributed by atoms with Crippen molar-refractivity contribution in [2.45, 2.75) is 19.8 Å². The lowest BCUT2D eigenvalue weighted by Crippen LogP contribution is -2.12. The van der Waals surface area contributed by atoms with Gasteiger partial charge in [0.1, 0.15) is 0 Å². The Morgan fingerprint density at radius 1 is 1.50 bits per heavy atom. The van der Waals surface area contributed by atoms with Crippen LogP contribution in [0.1, 0.15) is 17.1 Å². The molecule has 0 aliphatic rings. The second kappa shape index (κ2) is 5.98. The number of aromatic nitrogens is 1. The Bertz CT molecular complexity index is 553. The smallest absolute Gasteiger partial charge is 0.224 e. The van der Waals surface area contributed by atoms with Crippen LogP contribution < -0.4 is 5.32 Å². The summed E-state index contributed by atoms with van der Waals surface area (Å²) in [5, 5.41) is 6.41. The molecule has 0 aliphatic heterocycles. The quantitative estimate of drug-likeness (QED) is 0.928. The van der Waals surface area contributed by atoms with Crippen LogP contribution in [0, 0.1) is 6.92 Å². The van der Waals surface area contributed by atoms with E-state index in [2.05, 4.69) is 10.3 Å². The van der Waals surface area contributed by atoms with Gasteiger partial charge in [-0.3, -0.25) is 4.79 Å². The van der Waals surface area contributed by atoms with Crippen molar-refractivity contribution in [2.24, 2.45) is 0 Å². The first-order chi connectivity index (χ1) is 8.63. The van der Waals surface area contributed by atoms with Crippen molar-refractivity contribution >= 4 is 34.5 Å². The van der Waals surface area contributed by atoms with Crippen LogP contribution in [0.4, 0.5) is 5.69 Å². The molecule has 0 unspecified atom stereocenters. The molecular formula is C13H13ClN2OS. The van der Waals surface area contributed by atoms with E-state index in [1.807, 2.05) is 24.4 Å². The van der Waals surface area contributed by atoms with E-state index in [0.29, 0.717) is 17.9 Å². The molecule has 0 fully saturated rings. The number of benzene rings is 1. The van der Waals surface area contributed by atoms with E-state index in [1.54, 1.807) is 23.5 Å². The minimum Gasteiger partial charge on any atom is -0.326 e. The summed E-state index contributed by atoms with van der Waals surface area (Å²) in [7, 11) is 0. The zero-order chi connectivity index (χ0) is 13.0. The lowest BCUT2D eigenvalue weighted by atomic mass is 10.2. The Balaban J connectivity index is 1.85. The average Bonchev–Trinajstić information content (AvgIpc) is 2.73. The molecule has 1 aromatic heterocycles. The van der Waals surface area contributed by atoms with Crippen LogP contribution in [-0.2, 0) is 11.2 Å². The Morgan fingerprint density at radius 2 is 2.33 bits per heavy atom. The van der Waals surface area contributed by atoms with Crippen molar-refractivity contribution in [3.05, 3.63) is 45.4 Å². The van der Waals surface area contributed by atoms with Crippen LogP contribution in [-0.4, -0.2) is 10.9 Å². The van der Waals surface area contributed by atoms with Gasteiger partial charge in [-0.2, -0.15) is 0 Å². The summed E-state index contributed by atoms with van der Waals surface area (Å²) in [5.41, 5.74) is 1.73. The van der Waals surface area contributed by atoms with Crippen LogP contribution in [0.15, 0.2) is 29.6 Å². The van der Waals surface area contributed by atoms with Gasteiger partial charge in [0.25, 0.3) is 0 Å². The Labute approximate surface area is 115 Å². The van der Waals surface area contributed by atoms with Crippen molar-refractivity contribution in [3.8, 4) is 0 Å². The number of nitrogens with one attached hydrogen (secondary N) is 1. The molecule has 94 valence electrons. The number of anilines is 1. The van der Waals surface area contributed by atoms with E-state index < -0.39 is 0 Å². The fraction of sp³-hybridized carbons (Fsp3) is 0.231. The van der Waals surface area contributed by atoms with Crippen molar-refractivity contribution < 1.29 is 4.79 Å². The second-order valence-corrected chi connectivity index (χ2v) is 5.32. The molecule has 1 N–H and O–H groups in total. The number of thiazole rings is 1. The highest BCUT2D eigenvalue weighted by molar-refractivity contribution is 7.09. The van der Waals surface area contributed by atoms with Crippen molar-refractivity contribution in [3.63, 3.8) is 0 Å². The van der Waals surface area contributed by atoms with Crippen molar-refractivity contribution in [2.75, 3.05) is 5.32 Å². The highest BCUT2D eigenvalue weighted by Crippen LogP contribution is 2.16. The fourth-order valence-corrected chi connectivity index (χ4v) is 2.49. The summed E-state index contributed by atoms with van der Waals surface area (Å²) < 4.78 is 0. The van der Waals surface area contributed by atoms with Crippen molar-refractivity contribution in [1.82, 2.24) is 4.98 Å². The number of amides is 1. The molecule has 0 bridgehead atoms. The maximum absolute atomic E-state index is 11.7. The molecule has 0 radical (unpaired) electrons. The summed E-state index contributed by atoms with van der Waals surface area (Å²) in [5.74, 6) is -0.0230. The van der Waals surface area contributed by atoms with Gasteiger partial charge >= 0.3 is 0 Å². The molecule has 0 saturated heterocycles. The standard InChI is InChI=1S/C13H13ClN2OS/c1-9-8-18-13(15-9)6-5-12(17)16-11-4-2-3-10(14)7-11/h2-4,7-8H,5-6H2,1H3,(H,16,17). The van der Waals surface area contributed by atoms with E-state index in [4.69, 9.17) is 11.6 Å². The van der Waals surface area contributed by atoms with Gasteiger partial charge < -0.3 is 5.32 Å². The first-order valence-corrected chi connectivity index (χ1v) is 6.85. The molecule has 2 rings (SSSR count). The summed E-state index contributed by atoms with van der Waals surface area (Å²) in [6.07, 6.45) is 1.10. The van der Waals surface area contributed by atoms with Gasteiger partial charge in [-0.1, -0.05) is 17.7 Å². The first-order valence-electron chi connectivity index (χ1n) is 5.60. The molecule has 1 heterocycles. The number of carbonyl (C=O) groups is 1. The van der Waals surface area contributed by atoms with E-state index in [1.165, 1.54) is 0 Å². The summed E-state index contributed by atoms with van der Waals surface area (Å²) >= 11 is 7.43. The fourth-order valence-electron chi connectivity index (χ4n) is 1.53. The third-order valence-electron chi connectivity index (χ3n) is 2.34. The maximum Gasteiger partial charge on any atom is 0.224 e. The summed E-state index contributed by atoms with van der Waals surface area (Å²) in [4.78, 5) is 16.0. The number of nitrogens with zero attached hydrogens (tertiary/aromatic N) is 1. The van der Waals surface area contributed by atoms with Crippen LogP contribution in [0.25, 0.3) is 0 Å². The van der Waals surface area contributed by atoms with Crippen LogP contribution in [0.3, 0.4) is 0 Å². The number of rotatable bonds is 4. The van der Waals surface area contributed by atoms with Gasteiger partial charge in [0.15, 0.2) is 0 Å². The van der Waals surface area contributed by atoms with Gasteiger partial charge in [-0.05, 0) is 25.1 Å². The predicted molar refractivity (Wildman–Crippen MR) is 75.3 cm³/mol. The highest BCUT2D eigenvalue weighted by atomic mass is 35.5. The normalized spacial score (nSPS) is 10.3. The number of hydrogen-bond donors (Lipinski definition) is 1. The SMILES string of the molecule is Cc1csc(CCC(=O)Nc2cccc(Cl)c2)n1. The number of aryl methyl sites for hydroxylation is 2. The number of hydrogen-bond acceptors (Lipinski definition) is 3. The Hall–Kier alpha value is -1.39. The Morgan fingerprint density at radius 3 is 3.00 bits per heavy atom. The van der Waals surface area contributed by atoms with Gasteiger partial charge in [0, 0.05) is 34.6 Å². The van der Waals surface area contributed by atoms with Crippen LogP contribution in [0.2, 0.25) is 5.02 Å². The Kier molecular flexibility index (Phi) is 4.33. The predicted octanol–water partition coefficient (Wildman–Crippen LogP) is 3.68. The molecule has 0 saturated carbocycles. The minimum absolute atomic E-state index is 0.0230. The van der Waals surface area contributed by atoms with Gasteiger partial charge in [-0.25, -0.2) is 4.98 Å². The molecule has 5 heteroatoms. The third kappa shape index (κ3) is 3.82. The van der Waals surface area contributed by atoms with Gasteiger partial charge in [-0.15, -0.1) is 11.3 Å². The largest absolute Gasteiger partial charge is 0.326 e. The first kappa shape index (κ1) is 13.1. The molecule has 0 spiro atoms. The van der Waals surface area contributed by atoms with Gasteiger partial charge in [0.05, 0.1) is 5.01 Å². The molecule has 3 nitrogen and oxygen atoms in total. The third-order valence-corrected chi connectivity index (χ3v) is 3.60. The lowest BCUT2D eigenvalue weighted by Gasteiger charge is -2.04. The van der Waals surface area contributed by atoms with E-state index in [-0.39, 0.29) is 5.91 Å². The van der Waals surface area contributed by atoms with E-state index >= 15 is 0 Å². The zero-order valence-corrected chi connectivity index (χ0v) is 11.5. The zero-order valence-electron chi connectivity index (χ0n) is 9.94. The van der Waals surface area contributed by atoms with E-state index in [9.17, 15) is 4.79 Å². The van der Waals surface area contributed by atoms with Crippen LogP contribution in [0.5, 0.6) is 0 Å². The molecule has 1 aromatic carbocycles. The topological polar surface area (TPSA) is 42.0 Å².